The SMILES string of the molecule is O=C(NCCNc1ccc(F)cc1S(=O)(=O)C(F)(F)F)c1ccc(O)cc1. The second-order valence-corrected chi connectivity index (χ2v) is 7.23. The number of sulfone groups is 1. The van der Waals surface area contributed by atoms with E-state index in [0.29, 0.717) is 0 Å². The summed E-state index contributed by atoms with van der Waals surface area (Å²) in [5.41, 5.74) is -5.77. The molecule has 0 aliphatic carbocycles. The third-order valence-electron chi connectivity index (χ3n) is 3.39. The molecule has 0 heterocycles. The molecular weight excluding hydrogens is 392 g/mol. The predicted molar refractivity (Wildman–Crippen MR) is 88.6 cm³/mol. The summed E-state index contributed by atoms with van der Waals surface area (Å²) in [6, 6.07) is 7.31. The summed E-state index contributed by atoms with van der Waals surface area (Å²) in [6.07, 6.45) is 0. The Morgan fingerprint density at radius 1 is 1.04 bits per heavy atom. The van der Waals surface area contributed by atoms with Crippen LogP contribution in [0.1, 0.15) is 10.4 Å². The van der Waals surface area contributed by atoms with E-state index in [9.17, 15) is 30.8 Å². The zero-order valence-corrected chi connectivity index (χ0v) is 14.4. The van der Waals surface area contributed by atoms with Crippen molar-refractivity contribution in [2.24, 2.45) is 0 Å². The Morgan fingerprint density at radius 3 is 2.26 bits per heavy atom. The number of rotatable bonds is 6. The van der Waals surface area contributed by atoms with E-state index in [4.69, 9.17) is 5.11 Å². The van der Waals surface area contributed by atoms with Crippen molar-refractivity contribution in [3.63, 3.8) is 0 Å². The van der Waals surface area contributed by atoms with E-state index in [1.54, 1.807) is 0 Å². The zero-order valence-electron chi connectivity index (χ0n) is 13.5. The van der Waals surface area contributed by atoms with E-state index in [2.05, 4.69) is 10.6 Å². The molecule has 0 bridgehead atoms. The van der Waals surface area contributed by atoms with Gasteiger partial charge in [-0.3, -0.25) is 4.79 Å². The van der Waals surface area contributed by atoms with Gasteiger partial charge in [-0.05, 0) is 42.5 Å². The van der Waals surface area contributed by atoms with Gasteiger partial charge < -0.3 is 15.7 Å². The number of carbonyl (C=O) groups excluding carboxylic acids is 1. The van der Waals surface area contributed by atoms with Gasteiger partial charge in [0, 0.05) is 18.7 Å². The summed E-state index contributed by atoms with van der Waals surface area (Å²) in [7, 11) is -5.74. The number of phenolic OH excluding ortho intramolecular Hbond substituents is 1. The highest BCUT2D eigenvalue weighted by Crippen LogP contribution is 2.34. The maximum Gasteiger partial charge on any atom is 0.501 e. The molecule has 0 atom stereocenters. The summed E-state index contributed by atoms with van der Waals surface area (Å²) in [6.45, 7) is -0.168. The summed E-state index contributed by atoms with van der Waals surface area (Å²) in [4.78, 5) is 10.6. The minimum Gasteiger partial charge on any atom is -0.508 e. The molecule has 11 heteroatoms. The normalized spacial score (nSPS) is 11.9. The van der Waals surface area contributed by atoms with Crippen LogP contribution in [0.4, 0.5) is 23.2 Å². The van der Waals surface area contributed by atoms with Crippen molar-refractivity contribution in [2.45, 2.75) is 10.4 Å². The fourth-order valence-electron chi connectivity index (χ4n) is 2.08. The smallest absolute Gasteiger partial charge is 0.501 e. The molecule has 1 amide bonds. The minimum atomic E-state index is -5.74. The van der Waals surface area contributed by atoms with E-state index >= 15 is 0 Å². The highest BCUT2D eigenvalue weighted by atomic mass is 32.2. The van der Waals surface area contributed by atoms with Crippen LogP contribution in [-0.2, 0) is 9.84 Å². The summed E-state index contributed by atoms with van der Waals surface area (Å²) < 4.78 is 74.5. The van der Waals surface area contributed by atoms with Gasteiger partial charge in [-0.2, -0.15) is 13.2 Å². The monoisotopic (exact) mass is 406 g/mol. The molecule has 0 aliphatic heterocycles. The Hall–Kier alpha value is -2.82. The van der Waals surface area contributed by atoms with Crippen LogP contribution in [0.25, 0.3) is 0 Å². The van der Waals surface area contributed by atoms with Crippen molar-refractivity contribution in [3.05, 3.63) is 53.8 Å². The summed E-state index contributed by atoms with van der Waals surface area (Å²) in [5, 5.41) is 14.0. The van der Waals surface area contributed by atoms with E-state index < -0.39 is 37.7 Å². The molecule has 2 aromatic rings. The average Bonchev–Trinajstić information content (AvgIpc) is 2.59. The second kappa shape index (κ2) is 7.82. The number of nitrogens with one attached hydrogen (secondary N) is 2. The Labute approximate surface area is 151 Å². The molecule has 146 valence electrons. The molecule has 6 nitrogen and oxygen atoms in total. The van der Waals surface area contributed by atoms with Gasteiger partial charge in [-0.25, -0.2) is 12.8 Å². The molecule has 0 spiro atoms. The molecule has 0 radical (unpaired) electrons. The summed E-state index contributed by atoms with van der Waals surface area (Å²) >= 11 is 0. The van der Waals surface area contributed by atoms with Crippen LogP contribution < -0.4 is 10.6 Å². The van der Waals surface area contributed by atoms with Crippen molar-refractivity contribution >= 4 is 21.4 Å². The van der Waals surface area contributed by atoms with Crippen LogP contribution >= 0.6 is 0 Å². The third kappa shape index (κ3) is 4.88. The highest BCUT2D eigenvalue weighted by molar-refractivity contribution is 7.92. The van der Waals surface area contributed by atoms with Crippen LogP contribution in [0.15, 0.2) is 47.4 Å². The van der Waals surface area contributed by atoms with Crippen LogP contribution in [0.3, 0.4) is 0 Å². The topological polar surface area (TPSA) is 95.5 Å². The lowest BCUT2D eigenvalue weighted by Gasteiger charge is -2.14. The number of aromatic hydroxyl groups is 1. The molecular formula is C16H14F4N2O4S. The Kier molecular flexibility index (Phi) is 5.94. The number of carbonyl (C=O) groups is 1. The molecule has 2 rings (SSSR count). The van der Waals surface area contributed by atoms with Crippen LogP contribution in [-0.4, -0.2) is 38.0 Å². The number of amides is 1. The van der Waals surface area contributed by atoms with Crippen molar-refractivity contribution < 1.29 is 35.9 Å². The number of alkyl halides is 3. The van der Waals surface area contributed by atoms with Gasteiger partial charge in [-0.15, -0.1) is 0 Å². The minimum absolute atomic E-state index is 0.0251. The molecule has 0 saturated carbocycles. The number of benzene rings is 2. The molecule has 0 fully saturated rings. The van der Waals surface area contributed by atoms with Crippen LogP contribution in [0.5, 0.6) is 5.75 Å². The molecule has 3 N–H and O–H groups in total. The van der Waals surface area contributed by atoms with Crippen LogP contribution in [0.2, 0.25) is 0 Å². The van der Waals surface area contributed by atoms with Crippen LogP contribution in [0, 0.1) is 5.82 Å². The highest BCUT2D eigenvalue weighted by Gasteiger charge is 2.48. The van der Waals surface area contributed by atoms with Gasteiger partial charge in [0.15, 0.2) is 0 Å². The van der Waals surface area contributed by atoms with E-state index in [1.165, 1.54) is 24.3 Å². The van der Waals surface area contributed by atoms with Gasteiger partial charge in [0.1, 0.15) is 16.5 Å². The van der Waals surface area contributed by atoms with Crippen molar-refractivity contribution in [1.29, 1.82) is 0 Å². The quantitative estimate of drug-likeness (QED) is 0.507. The number of hydrogen-bond acceptors (Lipinski definition) is 5. The van der Waals surface area contributed by atoms with Gasteiger partial charge >= 0.3 is 5.51 Å². The number of anilines is 1. The second-order valence-electron chi connectivity index (χ2n) is 5.32. The Morgan fingerprint density at radius 2 is 1.67 bits per heavy atom. The van der Waals surface area contributed by atoms with Crippen molar-refractivity contribution in [1.82, 2.24) is 5.32 Å². The number of hydrogen-bond donors (Lipinski definition) is 3. The fraction of sp³-hybridized carbons (Fsp3) is 0.188. The fourth-order valence-corrected chi connectivity index (χ4v) is 3.02. The molecule has 2 aromatic carbocycles. The molecule has 0 saturated heterocycles. The molecule has 0 aromatic heterocycles. The van der Waals surface area contributed by atoms with Crippen molar-refractivity contribution in [2.75, 3.05) is 18.4 Å². The van der Waals surface area contributed by atoms with E-state index in [0.717, 1.165) is 12.1 Å². The first kappa shape index (κ1) is 20.5. The lowest BCUT2D eigenvalue weighted by molar-refractivity contribution is -0.0435. The standard InChI is InChI=1S/C16H14F4N2O4S/c17-11-3-6-13(14(9-11)27(25,26)16(18,19)20)21-7-8-22-15(24)10-1-4-12(23)5-2-10/h1-6,9,21,23H,7-8H2,(H,22,24). The van der Waals surface area contributed by atoms with E-state index in [-0.39, 0.29) is 30.5 Å². The molecule has 0 unspecified atom stereocenters. The maximum atomic E-state index is 13.2. The largest absolute Gasteiger partial charge is 0.508 e. The maximum absolute atomic E-state index is 13.2. The lowest BCUT2D eigenvalue weighted by atomic mass is 10.2. The summed E-state index contributed by atoms with van der Waals surface area (Å²) in [5.74, 6) is -1.66. The lowest BCUT2D eigenvalue weighted by Crippen LogP contribution is -2.29. The first-order valence-electron chi connectivity index (χ1n) is 7.44. The molecule has 27 heavy (non-hydrogen) atoms. The van der Waals surface area contributed by atoms with E-state index in [1.807, 2.05) is 0 Å². The predicted octanol–water partition coefficient (Wildman–Crippen LogP) is 2.67. The third-order valence-corrected chi connectivity index (χ3v) is 4.92. The van der Waals surface area contributed by atoms with Gasteiger partial charge in [0.2, 0.25) is 0 Å². The average molecular weight is 406 g/mol. The first-order valence-corrected chi connectivity index (χ1v) is 8.92. The van der Waals surface area contributed by atoms with Gasteiger partial charge in [-0.1, -0.05) is 0 Å². The number of phenols is 1. The molecule has 0 aliphatic rings. The van der Waals surface area contributed by atoms with Crippen molar-refractivity contribution in [3.8, 4) is 5.75 Å². The first-order chi connectivity index (χ1) is 12.5. The van der Waals surface area contributed by atoms with Gasteiger partial charge in [0.25, 0.3) is 15.7 Å². The Balaban J connectivity index is 2.04. The van der Waals surface area contributed by atoms with Gasteiger partial charge in [0.05, 0.1) is 5.69 Å². The Bertz CT molecular complexity index is 928. The number of halogens is 4. The zero-order chi connectivity index (χ0) is 20.2.